The quantitative estimate of drug-likeness (QED) is 0.396. The maximum absolute atomic E-state index is 10.1. The number of hydrogen-bond donors (Lipinski definition) is 2. The molecule has 0 amide bonds. The Balaban J connectivity index is 3.68. The summed E-state index contributed by atoms with van der Waals surface area (Å²) in [5, 5.41) is 16.5. The van der Waals surface area contributed by atoms with Crippen LogP contribution in [-0.4, -0.2) is 34.0 Å². The molecule has 10 heavy (non-hydrogen) atoms. The summed E-state index contributed by atoms with van der Waals surface area (Å²) in [6.45, 7) is 1.49. The first-order valence-corrected chi connectivity index (χ1v) is 2.49. The molecule has 0 unspecified atom stereocenters. The van der Waals surface area contributed by atoms with Gasteiger partial charge >= 0.3 is 11.9 Å². The molecular weight excluding hydrogens is 142 g/mol. The number of carboxylic acids is 1. The van der Waals surface area contributed by atoms with Gasteiger partial charge < -0.3 is 9.94 Å². The van der Waals surface area contributed by atoms with Crippen LogP contribution >= 0.6 is 0 Å². The van der Waals surface area contributed by atoms with Crippen LogP contribution < -0.4 is 0 Å². The van der Waals surface area contributed by atoms with E-state index < -0.39 is 11.9 Å². The Kier molecular flexibility index (Phi) is 3.37. The lowest BCUT2D eigenvalue weighted by atomic mass is 10.7. The highest BCUT2D eigenvalue weighted by Gasteiger charge is 2.15. The summed E-state index contributed by atoms with van der Waals surface area (Å²) in [6, 6.07) is 0. The second-order valence-corrected chi connectivity index (χ2v) is 1.35. The fraction of sp³-hybridized carbons (Fsp3) is 0.500. The lowest BCUT2D eigenvalue weighted by Gasteiger charge is -2.07. The average molecular weight is 149 g/mol. The van der Waals surface area contributed by atoms with E-state index in [2.05, 4.69) is 4.84 Å². The van der Waals surface area contributed by atoms with Crippen molar-refractivity contribution in [3.8, 4) is 0 Å². The minimum Gasteiger partial charge on any atom is -0.473 e. The maximum atomic E-state index is 10.1. The van der Waals surface area contributed by atoms with E-state index in [-0.39, 0.29) is 11.8 Å². The minimum absolute atomic E-state index is 0.0129. The number of hydroxylamine groups is 2. The van der Waals surface area contributed by atoms with Crippen LogP contribution in [0.3, 0.4) is 0 Å². The van der Waals surface area contributed by atoms with E-state index in [1.807, 2.05) is 0 Å². The van der Waals surface area contributed by atoms with Gasteiger partial charge in [-0.1, -0.05) is 0 Å². The number of rotatable bonds is 2. The largest absolute Gasteiger partial charge is 0.473 e. The van der Waals surface area contributed by atoms with Crippen molar-refractivity contribution >= 4 is 11.9 Å². The van der Waals surface area contributed by atoms with Crippen LogP contribution in [0, 0.1) is 0 Å². The van der Waals surface area contributed by atoms with Crippen LogP contribution in [-0.2, 0) is 14.4 Å². The monoisotopic (exact) mass is 149 g/mol. The van der Waals surface area contributed by atoms with Gasteiger partial charge in [0.25, 0.3) is 0 Å². The van der Waals surface area contributed by atoms with Crippen LogP contribution in [0.25, 0.3) is 0 Å². The predicted molar refractivity (Wildman–Crippen MR) is 27.9 cm³/mol. The second kappa shape index (κ2) is 3.80. The normalized spacial score (nSPS) is 9.50. The highest BCUT2D eigenvalue weighted by Crippen LogP contribution is 1.84. The van der Waals surface area contributed by atoms with Crippen LogP contribution in [0.2, 0.25) is 0 Å². The molecule has 0 atom stereocenters. The SMILES string of the molecule is CCN(O)OC(=O)C(=O)O. The first-order valence-electron chi connectivity index (χ1n) is 2.49. The Hall–Kier alpha value is -1.14. The Morgan fingerprint density at radius 3 is 2.40 bits per heavy atom. The van der Waals surface area contributed by atoms with Gasteiger partial charge in [-0.25, -0.2) is 9.59 Å². The summed E-state index contributed by atoms with van der Waals surface area (Å²) in [4.78, 5) is 23.6. The lowest BCUT2D eigenvalue weighted by Crippen LogP contribution is -2.27. The lowest BCUT2D eigenvalue weighted by molar-refractivity contribution is -0.313. The van der Waals surface area contributed by atoms with Gasteiger partial charge in [-0.2, -0.15) is 0 Å². The highest BCUT2D eigenvalue weighted by molar-refractivity contribution is 6.28. The van der Waals surface area contributed by atoms with Crippen molar-refractivity contribution in [1.82, 2.24) is 5.23 Å². The minimum atomic E-state index is -1.74. The summed E-state index contributed by atoms with van der Waals surface area (Å²) in [7, 11) is 0. The summed E-state index contributed by atoms with van der Waals surface area (Å²) >= 11 is 0. The zero-order chi connectivity index (χ0) is 8.15. The molecule has 0 rings (SSSR count). The van der Waals surface area contributed by atoms with E-state index >= 15 is 0 Å². The Labute approximate surface area is 56.5 Å². The average Bonchev–Trinajstić information content (AvgIpc) is 1.87. The molecule has 0 spiro atoms. The van der Waals surface area contributed by atoms with Gasteiger partial charge in [-0.3, -0.25) is 5.21 Å². The van der Waals surface area contributed by atoms with Gasteiger partial charge in [-0.05, 0) is 12.2 Å². The zero-order valence-corrected chi connectivity index (χ0v) is 5.27. The maximum Gasteiger partial charge on any atom is 0.438 e. The third kappa shape index (κ3) is 3.00. The smallest absolute Gasteiger partial charge is 0.438 e. The molecule has 0 aliphatic carbocycles. The van der Waals surface area contributed by atoms with Gasteiger partial charge in [0, 0.05) is 0 Å². The van der Waals surface area contributed by atoms with Crippen molar-refractivity contribution in [3.63, 3.8) is 0 Å². The van der Waals surface area contributed by atoms with Crippen LogP contribution in [0.1, 0.15) is 6.92 Å². The highest BCUT2D eigenvalue weighted by atomic mass is 16.9. The molecule has 0 aromatic rings. The summed E-state index contributed by atoms with van der Waals surface area (Å²) in [6.07, 6.45) is 0. The molecule has 6 nitrogen and oxygen atoms in total. The third-order valence-corrected chi connectivity index (χ3v) is 0.633. The molecule has 58 valence electrons. The van der Waals surface area contributed by atoms with E-state index in [1.165, 1.54) is 6.92 Å². The number of carbonyl (C=O) groups excluding carboxylic acids is 1. The number of nitrogens with zero attached hydrogens (tertiary/aromatic N) is 1. The number of hydrogen-bond acceptors (Lipinski definition) is 5. The number of carbonyl (C=O) groups is 2. The topological polar surface area (TPSA) is 87.1 Å². The molecule has 0 aliphatic heterocycles. The fourth-order valence-electron chi connectivity index (χ4n) is 0.199. The van der Waals surface area contributed by atoms with Gasteiger partial charge in [0.15, 0.2) is 0 Å². The standard InChI is InChI=1S/C4H7NO5/c1-2-5(9)10-4(8)3(6)7/h9H,2H2,1H3,(H,6,7). The van der Waals surface area contributed by atoms with Crippen LogP contribution in [0.5, 0.6) is 0 Å². The van der Waals surface area contributed by atoms with Gasteiger partial charge in [0.05, 0.1) is 6.54 Å². The first kappa shape index (κ1) is 8.86. The number of carboxylic acid groups (broad SMARTS) is 1. The Bertz CT molecular complexity index is 145. The molecular formula is C4H7NO5. The van der Waals surface area contributed by atoms with Crippen molar-refractivity contribution < 1.29 is 24.7 Å². The van der Waals surface area contributed by atoms with E-state index in [9.17, 15) is 9.59 Å². The Morgan fingerprint density at radius 2 is 2.10 bits per heavy atom. The van der Waals surface area contributed by atoms with Crippen LogP contribution in [0.15, 0.2) is 0 Å². The molecule has 0 saturated carbocycles. The molecule has 0 aromatic heterocycles. The molecule has 0 radical (unpaired) electrons. The molecule has 2 N–H and O–H groups in total. The van der Waals surface area contributed by atoms with Crippen LogP contribution in [0.4, 0.5) is 0 Å². The van der Waals surface area contributed by atoms with Crippen molar-refractivity contribution in [2.75, 3.05) is 6.54 Å². The van der Waals surface area contributed by atoms with Crippen molar-refractivity contribution in [2.45, 2.75) is 6.92 Å². The van der Waals surface area contributed by atoms with Crippen molar-refractivity contribution in [3.05, 3.63) is 0 Å². The van der Waals surface area contributed by atoms with Gasteiger partial charge in [0.1, 0.15) is 0 Å². The summed E-state index contributed by atoms with van der Waals surface area (Å²) in [5.74, 6) is -3.25. The molecule has 0 bridgehead atoms. The molecule has 0 saturated heterocycles. The molecule has 0 heterocycles. The van der Waals surface area contributed by atoms with Crippen molar-refractivity contribution in [1.29, 1.82) is 0 Å². The molecule has 0 aliphatic rings. The predicted octanol–water partition coefficient (Wildman–Crippen LogP) is -0.760. The third-order valence-electron chi connectivity index (χ3n) is 0.633. The summed E-state index contributed by atoms with van der Waals surface area (Å²) in [5.41, 5.74) is 0. The fourth-order valence-corrected chi connectivity index (χ4v) is 0.199. The van der Waals surface area contributed by atoms with E-state index in [4.69, 9.17) is 10.3 Å². The Morgan fingerprint density at radius 1 is 1.60 bits per heavy atom. The van der Waals surface area contributed by atoms with E-state index in [0.717, 1.165) is 0 Å². The van der Waals surface area contributed by atoms with Gasteiger partial charge in [0.2, 0.25) is 0 Å². The van der Waals surface area contributed by atoms with E-state index in [1.54, 1.807) is 0 Å². The number of aliphatic carboxylic acids is 1. The second-order valence-electron chi connectivity index (χ2n) is 1.35. The molecule has 0 aromatic carbocycles. The first-order chi connectivity index (χ1) is 4.57. The van der Waals surface area contributed by atoms with E-state index in [0.29, 0.717) is 0 Å². The van der Waals surface area contributed by atoms with Gasteiger partial charge in [-0.15, -0.1) is 0 Å². The molecule has 6 heteroatoms. The molecule has 0 fully saturated rings. The summed E-state index contributed by atoms with van der Waals surface area (Å²) < 4.78 is 0. The van der Waals surface area contributed by atoms with Crippen molar-refractivity contribution in [2.24, 2.45) is 0 Å². The zero-order valence-electron chi connectivity index (χ0n) is 5.27.